The Hall–Kier alpha value is -2.37. The molecule has 1 aliphatic heterocycles. The van der Waals surface area contributed by atoms with Gasteiger partial charge in [0.1, 0.15) is 0 Å². The van der Waals surface area contributed by atoms with Gasteiger partial charge >= 0.3 is 11.9 Å². The molecule has 0 atom stereocenters. The molecule has 0 radical (unpaired) electrons. The van der Waals surface area contributed by atoms with Crippen molar-refractivity contribution in [1.29, 1.82) is 0 Å². The molecule has 1 aromatic carbocycles. The van der Waals surface area contributed by atoms with Gasteiger partial charge in [0.25, 0.3) is 0 Å². The van der Waals surface area contributed by atoms with Gasteiger partial charge in [-0.3, -0.25) is 4.79 Å². The molecule has 0 bridgehead atoms. The summed E-state index contributed by atoms with van der Waals surface area (Å²) in [5, 5.41) is 16.9. The number of carboxylic acids is 2. The molecule has 1 heterocycles. The predicted molar refractivity (Wildman–Crippen MR) is 67.2 cm³/mol. The Morgan fingerprint density at radius 2 is 1.47 bits per heavy atom. The Bertz CT molecular complexity index is 447. The number of nitrogens with zero attached hydrogens (tertiary/aromatic N) is 1. The number of carboxylic acid groups (broad SMARTS) is 2. The lowest BCUT2D eigenvalue weighted by Crippen LogP contribution is -2.17. The lowest BCUT2D eigenvalue weighted by atomic mass is 10.1. The van der Waals surface area contributed by atoms with Crippen LogP contribution in [0.3, 0.4) is 0 Å². The number of rotatable bonds is 2. The summed E-state index contributed by atoms with van der Waals surface area (Å²) in [4.78, 5) is 32.9. The summed E-state index contributed by atoms with van der Waals surface area (Å²) in [7, 11) is 1.84. The van der Waals surface area contributed by atoms with Gasteiger partial charge in [-0.15, -0.1) is 0 Å². The Labute approximate surface area is 110 Å². The maximum Gasteiger partial charge on any atom is 0.335 e. The number of likely N-dealkylation sites (tertiary alicyclic amines) is 1. The van der Waals surface area contributed by atoms with E-state index in [-0.39, 0.29) is 11.1 Å². The van der Waals surface area contributed by atoms with Crippen LogP contribution in [-0.4, -0.2) is 46.6 Å². The number of hydrogen-bond acceptors (Lipinski definition) is 3. The highest BCUT2D eigenvalue weighted by molar-refractivity contribution is 5.91. The van der Waals surface area contributed by atoms with Crippen molar-refractivity contribution < 1.29 is 24.6 Å². The first-order valence-corrected chi connectivity index (χ1v) is 5.72. The summed E-state index contributed by atoms with van der Waals surface area (Å²) < 4.78 is 0. The quantitative estimate of drug-likeness (QED) is 0.841. The summed E-state index contributed by atoms with van der Waals surface area (Å²) in [6.45, 7) is 0.957. The number of amides is 1. The lowest BCUT2D eigenvalue weighted by Gasteiger charge is -2.03. The first-order valence-electron chi connectivity index (χ1n) is 5.72. The second-order valence-electron chi connectivity index (χ2n) is 4.11. The third-order valence-electron chi connectivity index (χ3n) is 2.69. The Morgan fingerprint density at radius 1 is 1.05 bits per heavy atom. The fourth-order valence-corrected chi connectivity index (χ4v) is 1.54. The molecule has 1 aliphatic rings. The lowest BCUT2D eigenvalue weighted by molar-refractivity contribution is -0.126. The fraction of sp³-hybridized carbons (Fsp3) is 0.308. The molecule has 6 heteroatoms. The van der Waals surface area contributed by atoms with Crippen LogP contribution in [0.5, 0.6) is 0 Å². The second-order valence-corrected chi connectivity index (χ2v) is 4.11. The summed E-state index contributed by atoms with van der Waals surface area (Å²) in [5.74, 6) is -1.83. The van der Waals surface area contributed by atoms with E-state index >= 15 is 0 Å². The minimum Gasteiger partial charge on any atom is -0.478 e. The molecule has 0 aliphatic carbocycles. The van der Waals surface area contributed by atoms with Crippen LogP contribution in [0.15, 0.2) is 24.3 Å². The third kappa shape index (κ3) is 4.42. The summed E-state index contributed by atoms with van der Waals surface area (Å²) >= 11 is 0. The van der Waals surface area contributed by atoms with E-state index < -0.39 is 11.9 Å². The summed E-state index contributed by atoms with van der Waals surface area (Å²) in [6.07, 6.45) is 1.81. The topological polar surface area (TPSA) is 94.9 Å². The van der Waals surface area contributed by atoms with E-state index in [1.807, 2.05) is 7.05 Å². The van der Waals surface area contributed by atoms with Gasteiger partial charge < -0.3 is 15.1 Å². The molecule has 0 unspecified atom stereocenters. The van der Waals surface area contributed by atoms with Crippen LogP contribution in [0.25, 0.3) is 0 Å². The highest BCUT2D eigenvalue weighted by Crippen LogP contribution is 2.05. The van der Waals surface area contributed by atoms with E-state index in [0.717, 1.165) is 19.4 Å². The van der Waals surface area contributed by atoms with E-state index in [1.54, 1.807) is 4.90 Å². The molecule has 1 saturated heterocycles. The van der Waals surface area contributed by atoms with Crippen molar-refractivity contribution in [1.82, 2.24) is 4.90 Å². The van der Waals surface area contributed by atoms with E-state index in [2.05, 4.69) is 0 Å². The molecule has 1 amide bonds. The second kappa shape index (κ2) is 6.53. The number of hydrogen-bond donors (Lipinski definition) is 2. The molecule has 6 nitrogen and oxygen atoms in total. The first kappa shape index (κ1) is 14.7. The van der Waals surface area contributed by atoms with Crippen LogP contribution in [0, 0.1) is 0 Å². The third-order valence-corrected chi connectivity index (χ3v) is 2.69. The standard InChI is InChI=1S/C8H6O4.C5H9NO/c9-7(10)5-1-2-6(4-3-5)8(11)12;1-6-4-2-3-5(6)7/h1-4H,(H,9,10)(H,11,12);2-4H2,1H3. The van der Waals surface area contributed by atoms with Gasteiger partial charge in [0.2, 0.25) is 5.91 Å². The predicted octanol–water partition coefficient (Wildman–Crippen LogP) is 1.32. The van der Waals surface area contributed by atoms with Crippen LogP contribution >= 0.6 is 0 Å². The van der Waals surface area contributed by atoms with E-state index in [9.17, 15) is 14.4 Å². The average Bonchev–Trinajstić information content (AvgIpc) is 2.74. The van der Waals surface area contributed by atoms with E-state index in [1.165, 1.54) is 24.3 Å². The van der Waals surface area contributed by atoms with Crippen molar-refractivity contribution in [2.75, 3.05) is 13.6 Å². The highest BCUT2D eigenvalue weighted by Gasteiger charge is 2.14. The fourth-order valence-electron chi connectivity index (χ4n) is 1.54. The number of carbonyl (C=O) groups excluding carboxylic acids is 1. The van der Waals surface area contributed by atoms with Gasteiger partial charge in [-0.1, -0.05) is 0 Å². The van der Waals surface area contributed by atoms with Crippen LogP contribution in [0.1, 0.15) is 33.6 Å². The van der Waals surface area contributed by atoms with Crippen LogP contribution in [-0.2, 0) is 4.79 Å². The molecular formula is C13H15NO5. The number of aromatic carboxylic acids is 2. The largest absolute Gasteiger partial charge is 0.478 e. The number of carbonyl (C=O) groups is 3. The van der Waals surface area contributed by atoms with Crippen LogP contribution < -0.4 is 0 Å². The molecule has 1 aromatic rings. The van der Waals surface area contributed by atoms with Crippen molar-refractivity contribution in [3.05, 3.63) is 35.4 Å². The summed E-state index contributed by atoms with van der Waals surface area (Å²) in [6, 6.07) is 5.02. The van der Waals surface area contributed by atoms with Gasteiger partial charge in [0, 0.05) is 20.0 Å². The normalized spacial score (nSPS) is 13.7. The molecule has 0 spiro atoms. The molecule has 0 aromatic heterocycles. The van der Waals surface area contributed by atoms with E-state index in [0.29, 0.717) is 5.91 Å². The number of benzene rings is 1. The Morgan fingerprint density at radius 3 is 1.63 bits per heavy atom. The first-order chi connectivity index (χ1) is 8.91. The van der Waals surface area contributed by atoms with Crippen molar-refractivity contribution in [2.24, 2.45) is 0 Å². The Kier molecular flexibility index (Phi) is 5.05. The van der Waals surface area contributed by atoms with Crippen molar-refractivity contribution in [3.63, 3.8) is 0 Å². The highest BCUT2D eigenvalue weighted by atomic mass is 16.4. The molecule has 1 fully saturated rings. The van der Waals surface area contributed by atoms with Crippen LogP contribution in [0.4, 0.5) is 0 Å². The van der Waals surface area contributed by atoms with Crippen molar-refractivity contribution in [3.8, 4) is 0 Å². The van der Waals surface area contributed by atoms with Gasteiger partial charge in [-0.2, -0.15) is 0 Å². The monoisotopic (exact) mass is 265 g/mol. The van der Waals surface area contributed by atoms with Gasteiger partial charge in [-0.25, -0.2) is 9.59 Å². The minimum atomic E-state index is -1.06. The Balaban J connectivity index is 0.000000218. The summed E-state index contributed by atoms with van der Waals surface area (Å²) in [5.41, 5.74) is 0.167. The van der Waals surface area contributed by atoms with Crippen LogP contribution in [0.2, 0.25) is 0 Å². The van der Waals surface area contributed by atoms with Gasteiger partial charge in [0.05, 0.1) is 11.1 Å². The molecule has 2 N–H and O–H groups in total. The zero-order valence-corrected chi connectivity index (χ0v) is 10.5. The van der Waals surface area contributed by atoms with E-state index in [4.69, 9.17) is 10.2 Å². The molecule has 102 valence electrons. The SMILES string of the molecule is CN1CCCC1=O.O=C(O)c1ccc(C(=O)O)cc1. The molecule has 2 rings (SSSR count). The average molecular weight is 265 g/mol. The molecular weight excluding hydrogens is 250 g/mol. The van der Waals surface area contributed by atoms with Gasteiger partial charge in [-0.05, 0) is 30.7 Å². The maximum atomic E-state index is 10.5. The minimum absolute atomic E-state index is 0.0833. The molecule has 19 heavy (non-hydrogen) atoms. The zero-order valence-electron chi connectivity index (χ0n) is 10.5. The van der Waals surface area contributed by atoms with Gasteiger partial charge in [0.15, 0.2) is 0 Å². The van der Waals surface area contributed by atoms with Crippen molar-refractivity contribution in [2.45, 2.75) is 12.8 Å². The maximum absolute atomic E-state index is 10.5. The van der Waals surface area contributed by atoms with Crippen molar-refractivity contribution >= 4 is 17.8 Å². The zero-order chi connectivity index (χ0) is 14.4. The smallest absolute Gasteiger partial charge is 0.335 e. The molecule has 0 saturated carbocycles.